The first-order valence-corrected chi connectivity index (χ1v) is 6.56. The number of nitrogens with zero attached hydrogens (tertiary/aromatic N) is 1. The standard InChI is InChI=1S/C14H20N2O3/c1-9-2-3-10(7-15)8-16(9)14(19)12-5-4-11(17)6-13(12)18/h4-6,9-10,17-18H,2-3,7-8,15H2,1H3. The Kier molecular flexibility index (Phi) is 3.95. The lowest BCUT2D eigenvalue weighted by Crippen LogP contribution is -2.47. The van der Waals surface area contributed by atoms with Gasteiger partial charge in [-0.3, -0.25) is 4.79 Å². The van der Waals surface area contributed by atoms with Crippen molar-refractivity contribution in [3.63, 3.8) is 0 Å². The fourth-order valence-corrected chi connectivity index (χ4v) is 2.51. The molecule has 1 fully saturated rings. The van der Waals surface area contributed by atoms with Crippen LogP contribution in [-0.2, 0) is 0 Å². The van der Waals surface area contributed by atoms with E-state index >= 15 is 0 Å². The Balaban J connectivity index is 2.22. The van der Waals surface area contributed by atoms with Gasteiger partial charge in [-0.25, -0.2) is 0 Å². The van der Waals surface area contributed by atoms with E-state index in [4.69, 9.17) is 5.73 Å². The van der Waals surface area contributed by atoms with E-state index in [1.807, 2.05) is 6.92 Å². The molecule has 0 bridgehead atoms. The monoisotopic (exact) mass is 264 g/mol. The van der Waals surface area contributed by atoms with Gasteiger partial charge in [0.25, 0.3) is 5.91 Å². The van der Waals surface area contributed by atoms with Crippen LogP contribution in [0.1, 0.15) is 30.1 Å². The number of hydrogen-bond donors (Lipinski definition) is 3. The summed E-state index contributed by atoms with van der Waals surface area (Å²) in [4.78, 5) is 14.2. The number of nitrogens with two attached hydrogens (primary N) is 1. The van der Waals surface area contributed by atoms with Gasteiger partial charge >= 0.3 is 0 Å². The Morgan fingerprint density at radius 3 is 2.79 bits per heavy atom. The van der Waals surface area contributed by atoms with E-state index in [1.54, 1.807) is 4.90 Å². The molecule has 2 unspecified atom stereocenters. The van der Waals surface area contributed by atoms with E-state index in [0.717, 1.165) is 12.8 Å². The molecule has 0 aromatic heterocycles. The second-order valence-electron chi connectivity index (χ2n) is 5.19. The lowest BCUT2D eigenvalue weighted by Gasteiger charge is -2.37. The van der Waals surface area contributed by atoms with Crippen LogP contribution in [0.3, 0.4) is 0 Å². The highest BCUT2D eigenvalue weighted by atomic mass is 16.3. The molecule has 1 aliphatic rings. The first-order valence-electron chi connectivity index (χ1n) is 6.56. The van der Waals surface area contributed by atoms with E-state index in [2.05, 4.69) is 0 Å². The van der Waals surface area contributed by atoms with E-state index in [-0.39, 0.29) is 29.0 Å². The topological polar surface area (TPSA) is 86.8 Å². The average molecular weight is 264 g/mol. The van der Waals surface area contributed by atoms with Gasteiger partial charge in [-0.2, -0.15) is 0 Å². The lowest BCUT2D eigenvalue weighted by molar-refractivity contribution is 0.0564. The molecule has 1 aromatic rings. The molecule has 19 heavy (non-hydrogen) atoms. The highest BCUT2D eigenvalue weighted by Crippen LogP contribution is 2.28. The summed E-state index contributed by atoms with van der Waals surface area (Å²) in [5, 5.41) is 19.0. The van der Waals surface area contributed by atoms with Crippen LogP contribution in [0.15, 0.2) is 18.2 Å². The van der Waals surface area contributed by atoms with Gasteiger partial charge in [-0.05, 0) is 44.4 Å². The minimum Gasteiger partial charge on any atom is -0.508 e. The van der Waals surface area contributed by atoms with Crippen molar-refractivity contribution in [3.8, 4) is 11.5 Å². The second kappa shape index (κ2) is 5.48. The van der Waals surface area contributed by atoms with Gasteiger partial charge in [0.05, 0.1) is 5.56 Å². The van der Waals surface area contributed by atoms with Gasteiger partial charge in [-0.15, -0.1) is 0 Å². The number of piperidine rings is 1. The highest BCUT2D eigenvalue weighted by molar-refractivity contribution is 5.97. The number of phenolic OH excluding ortho intramolecular Hbond substituents is 2. The molecule has 1 heterocycles. The summed E-state index contributed by atoms with van der Waals surface area (Å²) in [6.07, 6.45) is 1.95. The third kappa shape index (κ3) is 2.81. The summed E-state index contributed by atoms with van der Waals surface area (Å²) in [6.45, 7) is 3.19. The summed E-state index contributed by atoms with van der Waals surface area (Å²) in [6, 6.07) is 4.18. The van der Waals surface area contributed by atoms with Crippen molar-refractivity contribution < 1.29 is 15.0 Å². The van der Waals surface area contributed by atoms with Crippen LogP contribution in [0.2, 0.25) is 0 Å². The van der Waals surface area contributed by atoms with E-state index in [9.17, 15) is 15.0 Å². The van der Waals surface area contributed by atoms with Crippen molar-refractivity contribution >= 4 is 5.91 Å². The number of benzene rings is 1. The summed E-state index contributed by atoms with van der Waals surface area (Å²) in [5.74, 6) is -0.129. The van der Waals surface area contributed by atoms with Crippen molar-refractivity contribution in [1.29, 1.82) is 0 Å². The third-order valence-corrected chi connectivity index (χ3v) is 3.79. The number of carbonyl (C=O) groups is 1. The Bertz CT molecular complexity index is 476. The maximum absolute atomic E-state index is 12.4. The molecular formula is C14H20N2O3. The van der Waals surface area contributed by atoms with Crippen LogP contribution in [0.5, 0.6) is 11.5 Å². The first-order chi connectivity index (χ1) is 9.02. The maximum atomic E-state index is 12.4. The summed E-state index contributed by atoms with van der Waals surface area (Å²) >= 11 is 0. The molecule has 1 amide bonds. The Hall–Kier alpha value is -1.75. The molecule has 1 aliphatic heterocycles. The maximum Gasteiger partial charge on any atom is 0.257 e. The van der Waals surface area contributed by atoms with E-state index in [0.29, 0.717) is 19.0 Å². The molecule has 0 saturated carbocycles. The Labute approximate surface area is 112 Å². The van der Waals surface area contributed by atoms with Gasteiger partial charge in [-0.1, -0.05) is 0 Å². The third-order valence-electron chi connectivity index (χ3n) is 3.79. The molecule has 2 atom stereocenters. The normalized spacial score (nSPS) is 23.4. The fraction of sp³-hybridized carbons (Fsp3) is 0.500. The number of likely N-dealkylation sites (tertiary alicyclic amines) is 1. The molecule has 0 radical (unpaired) electrons. The number of phenols is 2. The van der Waals surface area contributed by atoms with Crippen LogP contribution in [0.4, 0.5) is 0 Å². The van der Waals surface area contributed by atoms with E-state index in [1.165, 1.54) is 18.2 Å². The van der Waals surface area contributed by atoms with Crippen LogP contribution < -0.4 is 5.73 Å². The zero-order valence-electron chi connectivity index (χ0n) is 11.0. The molecule has 5 heteroatoms. The highest BCUT2D eigenvalue weighted by Gasteiger charge is 2.30. The van der Waals surface area contributed by atoms with Gasteiger partial charge in [0.15, 0.2) is 0 Å². The van der Waals surface area contributed by atoms with Crippen LogP contribution >= 0.6 is 0 Å². The number of rotatable bonds is 2. The molecule has 0 aliphatic carbocycles. The summed E-state index contributed by atoms with van der Waals surface area (Å²) in [5.41, 5.74) is 5.90. The molecular weight excluding hydrogens is 244 g/mol. The molecule has 1 aromatic carbocycles. The molecule has 104 valence electrons. The van der Waals surface area contributed by atoms with Gasteiger partial charge < -0.3 is 20.8 Å². The second-order valence-corrected chi connectivity index (χ2v) is 5.19. The Morgan fingerprint density at radius 2 is 2.16 bits per heavy atom. The van der Waals surface area contributed by atoms with Crippen molar-refractivity contribution in [1.82, 2.24) is 4.90 Å². The number of aromatic hydroxyl groups is 2. The van der Waals surface area contributed by atoms with Crippen molar-refractivity contribution in [2.45, 2.75) is 25.8 Å². The molecule has 4 N–H and O–H groups in total. The predicted molar refractivity (Wildman–Crippen MR) is 72.0 cm³/mol. The quantitative estimate of drug-likeness (QED) is 0.751. The first kappa shape index (κ1) is 13.7. The minimum absolute atomic E-state index is 0.0550. The van der Waals surface area contributed by atoms with Crippen molar-refractivity contribution in [2.24, 2.45) is 11.7 Å². The molecule has 5 nitrogen and oxygen atoms in total. The predicted octanol–water partition coefficient (Wildman–Crippen LogP) is 1.30. The zero-order valence-corrected chi connectivity index (χ0v) is 11.0. The molecule has 1 saturated heterocycles. The summed E-state index contributed by atoms with van der Waals surface area (Å²) < 4.78 is 0. The number of carbonyl (C=O) groups excluding carboxylic acids is 1. The lowest BCUT2D eigenvalue weighted by atomic mass is 9.93. The van der Waals surface area contributed by atoms with Crippen LogP contribution in [0, 0.1) is 5.92 Å². The SMILES string of the molecule is CC1CCC(CN)CN1C(=O)c1ccc(O)cc1O. The smallest absolute Gasteiger partial charge is 0.257 e. The van der Waals surface area contributed by atoms with Crippen LogP contribution in [-0.4, -0.2) is 40.2 Å². The van der Waals surface area contributed by atoms with Gasteiger partial charge in [0.2, 0.25) is 0 Å². The van der Waals surface area contributed by atoms with Crippen LogP contribution in [0.25, 0.3) is 0 Å². The fourth-order valence-electron chi connectivity index (χ4n) is 2.51. The summed E-state index contributed by atoms with van der Waals surface area (Å²) in [7, 11) is 0. The minimum atomic E-state index is -0.205. The van der Waals surface area contributed by atoms with Gasteiger partial charge in [0.1, 0.15) is 11.5 Å². The van der Waals surface area contributed by atoms with Crippen molar-refractivity contribution in [2.75, 3.05) is 13.1 Å². The average Bonchev–Trinajstić information content (AvgIpc) is 2.38. The van der Waals surface area contributed by atoms with Gasteiger partial charge in [0, 0.05) is 18.7 Å². The zero-order chi connectivity index (χ0) is 14.0. The molecule has 2 rings (SSSR count). The Morgan fingerprint density at radius 1 is 1.42 bits per heavy atom. The van der Waals surface area contributed by atoms with Crippen molar-refractivity contribution in [3.05, 3.63) is 23.8 Å². The largest absolute Gasteiger partial charge is 0.508 e. The van der Waals surface area contributed by atoms with E-state index < -0.39 is 0 Å². The molecule has 0 spiro atoms. The number of hydrogen-bond acceptors (Lipinski definition) is 4. The number of amides is 1.